The Bertz CT molecular complexity index is 1310. The number of sulfone groups is 1. The van der Waals surface area contributed by atoms with Crippen LogP contribution in [0.1, 0.15) is 35.9 Å². The Morgan fingerprint density at radius 1 is 1.03 bits per heavy atom. The molecule has 3 atom stereocenters. The van der Waals surface area contributed by atoms with Crippen molar-refractivity contribution in [1.82, 2.24) is 9.97 Å². The van der Waals surface area contributed by atoms with E-state index >= 15 is 0 Å². The smallest absolute Gasteiger partial charge is 0.200 e. The Balaban J connectivity index is 1.90. The molecule has 0 unspecified atom stereocenters. The van der Waals surface area contributed by atoms with Gasteiger partial charge >= 0.3 is 0 Å². The molecule has 1 aromatic heterocycles. The van der Waals surface area contributed by atoms with Crippen LogP contribution in [-0.2, 0) is 14.6 Å². The fourth-order valence-electron chi connectivity index (χ4n) is 4.07. The maximum absolute atomic E-state index is 13.6. The van der Waals surface area contributed by atoms with Crippen LogP contribution in [0.4, 0.5) is 5.82 Å². The number of nitrogens with zero attached hydrogens (tertiary/aromatic N) is 4. The highest BCUT2D eigenvalue weighted by Gasteiger charge is 2.36. The predicted octanol–water partition coefficient (Wildman–Crippen LogP) is 3.90. The Morgan fingerprint density at radius 2 is 1.66 bits per heavy atom. The van der Waals surface area contributed by atoms with E-state index in [2.05, 4.69) is 4.98 Å². The average Bonchev–Trinajstić information content (AvgIpc) is 2.74. The highest BCUT2D eigenvalue weighted by Crippen LogP contribution is 2.35. The van der Waals surface area contributed by atoms with Gasteiger partial charge in [0, 0.05) is 13.1 Å². The number of morpholine rings is 1. The monoisotopic (exact) mass is 450 g/mol. The molecule has 32 heavy (non-hydrogen) atoms. The van der Waals surface area contributed by atoms with Crippen molar-refractivity contribution in [3.63, 3.8) is 0 Å². The van der Waals surface area contributed by atoms with E-state index in [9.17, 15) is 13.7 Å². The van der Waals surface area contributed by atoms with Gasteiger partial charge in [-0.2, -0.15) is 5.26 Å². The van der Waals surface area contributed by atoms with Gasteiger partial charge in [-0.15, -0.1) is 0 Å². The number of nitriles is 1. The number of para-hydroxylation sites is 2. The summed E-state index contributed by atoms with van der Waals surface area (Å²) < 4.78 is 33.0. The number of fused-ring (bicyclic) bond motifs is 1. The minimum Gasteiger partial charge on any atom is -0.372 e. The zero-order valence-electron chi connectivity index (χ0n) is 18.6. The van der Waals surface area contributed by atoms with Crippen LogP contribution in [0, 0.1) is 25.2 Å². The van der Waals surface area contributed by atoms with Crippen molar-refractivity contribution in [3.05, 3.63) is 59.3 Å². The lowest BCUT2D eigenvalue weighted by Crippen LogP contribution is -2.46. The molecule has 1 aliphatic rings. The summed E-state index contributed by atoms with van der Waals surface area (Å²) in [6.07, 6.45) is -0.117. The van der Waals surface area contributed by atoms with E-state index in [4.69, 9.17) is 9.72 Å². The van der Waals surface area contributed by atoms with E-state index in [0.29, 0.717) is 29.9 Å². The molecule has 0 aliphatic carbocycles. The van der Waals surface area contributed by atoms with Crippen molar-refractivity contribution < 1.29 is 13.2 Å². The molecular weight excluding hydrogens is 424 g/mol. The summed E-state index contributed by atoms with van der Waals surface area (Å²) in [5.74, 6) is 0.421. The van der Waals surface area contributed by atoms with Crippen molar-refractivity contribution >= 4 is 26.7 Å². The molecule has 0 saturated carbocycles. The van der Waals surface area contributed by atoms with Crippen molar-refractivity contribution in [2.75, 3.05) is 18.0 Å². The summed E-state index contributed by atoms with van der Waals surface area (Å²) >= 11 is 0. The second kappa shape index (κ2) is 8.49. The molecule has 0 bridgehead atoms. The number of anilines is 1. The summed E-state index contributed by atoms with van der Waals surface area (Å²) in [5, 5.41) is 8.58. The summed E-state index contributed by atoms with van der Waals surface area (Å²) in [4.78, 5) is 11.5. The number of hydrogen-bond donors (Lipinski definition) is 0. The SMILES string of the molecule is Cc1ccc(S(=O)(=O)[C@H](C#N)c2nc3ccccc3nc2N2C[C@@H](C)O[C@@H](C)C2)cc1C. The van der Waals surface area contributed by atoms with Gasteiger partial charge in [0.1, 0.15) is 5.69 Å². The van der Waals surface area contributed by atoms with Crippen LogP contribution < -0.4 is 4.90 Å². The molecule has 3 aromatic rings. The van der Waals surface area contributed by atoms with Gasteiger partial charge in [0.2, 0.25) is 9.84 Å². The molecule has 8 heteroatoms. The Labute approximate surface area is 188 Å². The van der Waals surface area contributed by atoms with E-state index in [1.54, 1.807) is 24.3 Å². The molecule has 2 aromatic carbocycles. The van der Waals surface area contributed by atoms with E-state index in [0.717, 1.165) is 11.1 Å². The first-order chi connectivity index (χ1) is 15.2. The van der Waals surface area contributed by atoms with Crippen molar-refractivity contribution in [2.24, 2.45) is 0 Å². The molecule has 2 heterocycles. The van der Waals surface area contributed by atoms with Crippen molar-refractivity contribution in [3.8, 4) is 6.07 Å². The molecule has 1 fully saturated rings. The van der Waals surface area contributed by atoms with Gasteiger partial charge in [-0.25, -0.2) is 18.4 Å². The third-order valence-electron chi connectivity index (χ3n) is 5.78. The fourth-order valence-corrected chi connectivity index (χ4v) is 5.53. The Kier molecular flexibility index (Phi) is 5.89. The summed E-state index contributed by atoms with van der Waals surface area (Å²) in [6, 6.07) is 14.2. The number of aryl methyl sites for hydroxylation is 2. The van der Waals surface area contributed by atoms with Crippen LogP contribution in [0.3, 0.4) is 0 Å². The van der Waals surface area contributed by atoms with Gasteiger partial charge in [0.15, 0.2) is 11.1 Å². The van der Waals surface area contributed by atoms with Crippen LogP contribution in [0.2, 0.25) is 0 Å². The molecule has 1 aliphatic heterocycles. The Morgan fingerprint density at radius 3 is 2.25 bits per heavy atom. The molecule has 1 saturated heterocycles. The zero-order valence-corrected chi connectivity index (χ0v) is 19.4. The number of aromatic nitrogens is 2. The van der Waals surface area contributed by atoms with Crippen LogP contribution in [0.5, 0.6) is 0 Å². The molecule has 0 spiro atoms. The minimum absolute atomic E-state index is 0.0586. The standard InChI is InChI=1S/C24H26N4O3S/c1-15-9-10-19(11-16(15)2)32(29,30)22(12-25)23-24(28-13-17(3)31-18(4)14-28)27-21-8-6-5-7-20(21)26-23/h5-11,17-18,22H,13-14H2,1-4H3/t17-,18+,22-/m1/s1. The molecular formula is C24H26N4O3S. The van der Waals surface area contributed by atoms with Gasteiger partial charge in [-0.05, 0) is 63.1 Å². The number of rotatable bonds is 4. The topological polar surface area (TPSA) is 96.2 Å². The lowest BCUT2D eigenvalue weighted by atomic mass is 10.1. The zero-order chi connectivity index (χ0) is 23.0. The molecule has 166 valence electrons. The first-order valence-electron chi connectivity index (χ1n) is 10.6. The average molecular weight is 451 g/mol. The first kappa shape index (κ1) is 22.2. The first-order valence-corrected chi connectivity index (χ1v) is 12.1. The summed E-state index contributed by atoms with van der Waals surface area (Å²) in [5.41, 5.74) is 3.20. The van der Waals surface area contributed by atoms with Crippen LogP contribution in [0.25, 0.3) is 11.0 Å². The third kappa shape index (κ3) is 4.06. The van der Waals surface area contributed by atoms with Gasteiger partial charge in [-0.3, -0.25) is 0 Å². The van der Waals surface area contributed by atoms with Gasteiger partial charge in [0.25, 0.3) is 0 Å². The van der Waals surface area contributed by atoms with Crippen molar-refractivity contribution in [2.45, 2.75) is 50.0 Å². The maximum atomic E-state index is 13.6. The van der Waals surface area contributed by atoms with Crippen LogP contribution >= 0.6 is 0 Å². The van der Waals surface area contributed by atoms with E-state index < -0.39 is 15.1 Å². The van der Waals surface area contributed by atoms with Crippen molar-refractivity contribution in [1.29, 1.82) is 5.26 Å². The second-order valence-electron chi connectivity index (χ2n) is 8.38. The normalized spacial score (nSPS) is 20.2. The Hall–Kier alpha value is -3.02. The molecule has 0 radical (unpaired) electrons. The fraction of sp³-hybridized carbons (Fsp3) is 0.375. The predicted molar refractivity (Wildman–Crippen MR) is 123 cm³/mol. The highest BCUT2D eigenvalue weighted by molar-refractivity contribution is 7.92. The second-order valence-corrected chi connectivity index (χ2v) is 10.4. The highest BCUT2D eigenvalue weighted by atomic mass is 32.2. The number of hydrogen-bond acceptors (Lipinski definition) is 7. The van der Waals surface area contributed by atoms with Crippen LogP contribution in [0.15, 0.2) is 47.4 Å². The number of benzene rings is 2. The third-order valence-corrected chi connectivity index (χ3v) is 7.64. The summed E-state index contributed by atoms with van der Waals surface area (Å²) in [6.45, 7) is 8.77. The van der Waals surface area contributed by atoms with Gasteiger partial charge in [-0.1, -0.05) is 18.2 Å². The summed E-state index contributed by atoms with van der Waals surface area (Å²) in [7, 11) is -4.02. The minimum atomic E-state index is -4.02. The van der Waals surface area contributed by atoms with Gasteiger partial charge in [0.05, 0.1) is 34.2 Å². The number of ether oxygens (including phenoxy) is 1. The molecule has 0 N–H and O–H groups in total. The largest absolute Gasteiger partial charge is 0.372 e. The van der Waals surface area contributed by atoms with Gasteiger partial charge < -0.3 is 9.64 Å². The molecule has 4 rings (SSSR count). The lowest BCUT2D eigenvalue weighted by Gasteiger charge is -2.37. The quantitative estimate of drug-likeness (QED) is 0.595. The lowest BCUT2D eigenvalue weighted by molar-refractivity contribution is -0.00550. The van der Waals surface area contributed by atoms with E-state index in [1.807, 2.05) is 56.9 Å². The molecule has 0 amide bonds. The molecule has 7 nitrogen and oxygen atoms in total. The maximum Gasteiger partial charge on any atom is 0.200 e. The van der Waals surface area contributed by atoms with Crippen LogP contribution in [-0.4, -0.2) is 43.7 Å². The van der Waals surface area contributed by atoms with E-state index in [-0.39, 0.29) is 22.8 Å². The van der Waals surface area contributed by atoms with E-state index in [1.165, 1.54) is 0 Å².